The fraction of sp³-hybridized carbons (Fsp3) is 0.375. The van der Waals surface area contributed by atoms with Gasteiger partial charge in [-0.1, -0.05) is 23.7 Å². The Balaban J connectivity index is 1.58. The number of benzene rings is 1. The molecule has 1 saturated heterocycles. The van der Waals surface area contributed by atoms with Crippen molar-refractivity contribution in [1.29, 1.82) is 0 Å². The van der Waals surface area contributed by atoms with Crippen molar-refractivity contribution >= 4 is 28.8 Å². The Morgan fingerprint density at radius 1 is 1.41 bits per heavy atom. The van der Waals surface area contributed by atoms with Crippen LogP contribution in [0.15, 0.2) is 29.6 Å². The van der Waals surface area contributed by atoms with Crippen LogP contribution in [-0.4, -0.2) is 24.0 Å². The van der Waals surface area contributed by atoms with Crippen LogP contribution in [0.25, 0.3) is 0 Å². The third kappa shape index (κ3) is 3.85. The van der Waals surface area contributed by atoms with Crippen LogP contribution in [-0.2, 0) is 6.54 Å². The van der Waals surface area contributed by atoms with Gasteiger partial charge in [0.2, 0.25) is 0 Å². The lowest BCUT2D eigenvalue weighted by atomic mass is 10.0. The molecule has 3 rings (SSSR count). The first-order valence-corrected chi connectivity index (χ1v) is 8.67. The third-order valence-electron chi connectivity index (χ3n) is 3.77. The molecule has 1 atom stereocenters. The maximum absolute atomic E-state index is 12.2. The van der Waals surface area contributed by atoms with Gasteiger partial charge in [0.25, 0.3) is 5.91 Å². The summed E-state index contributed by atoms with van der Waals surface area (Å²) in [5.41, 5.74) is 1.53. The Bertz CT molecular complexity index is 635. The zero-order chi connectivity index (χ0) is 15.4. The quantitative estimate of drug-likeness (QED) is 0.902. The largest absolute Gasteiger partial charge is 0.347 e. The Hall–Kier alpha value is -1.43. The molecule has 1 amide bonds. The first kappa shape index (κ1) is 15.5. The molecule has 0 radical (unpaired) electrons. The van der Waals surface area contributed by atoms with E-state index >= 15 is 0 Å². The van der Waals surface area contributed by atoms with E-state index in [0.717, 1.165) is 30.1 Å². The van der Waals surface area contributed by atoms with E-state index in [1.165, 1.54) is 6.42 Å². The lowest BCUT2D eigenvalue weighted by molar-refractivity contribution is 0.0946. The van der Waals surface area contributed by atoms with Crippen LogP contribution in [0.1, 0.15) is 39.8 Å². The molecule has 0 aliphatic carbocycles. The summed E-state index contributed by atoms with van der Waals surface area (Å²) in [5.74, 6) is 0.317. The van der Waals surface area contributed by atoms with Gasteiger partial charge in [-0.3, -0.25) is 4.79 Å². The number of carbonyl (C=O) groups excluding carboxylic acids is 1. The first-order chi connectivity index (χ1) is 10.7. The summed E-state index contributed by atoms with van der Waals surface area (Å²) >= 11 is 7.42. The van der Waals surface area contributed by atoms with E-state index in [2.05, 4.69) is 15.6 Å². The van der Waals surface area contributed by atoms with Crippen molar-refractivity contribution in [2.45, 2.75) is 25.3 Å². The van der Waals surface area contributed by atoms with Crippen molar-refractivity contribution in [3.63, 3.8) is 0 Å². The van der Waals surface area contributed by atoms with Gasteiger partial charge in [-0.2, -0.15) is 0 Å². The van der Waals surface area contributed by atoms with Crippen LogP contribution in [0.4, 0.5) is 0 Å². The van der Waals surface area contributed by atoms with Gasteiger partial charge >= 0.3 is 0 Å². The molecule has 0 saturated carbocycles. The van der Waals surface area contributed by atoms with Crippen LogP contribution in [0.3, 0.4) is 0 Å². The van der Waals surface area contributed by atoms with Gasteiger partial charge in [0, 0.05) is 29.4 Å². The minimum Gasteiger partial charge on any atom is -0.347 e. The number of carbonyl (C=O) groups is 1. The molecule has 0 spiro atoms. The second-order valence-electron chi connectivity index (χ2n) is 5.42. The summed E-state index contributed by atoms with van der Waals surface area (Å²) in [5, 5.41) is 9.88. The standard InChI is InChI=1S/C16H18ClN3OS/c17-13-5-3-11(4-6-13)8-19-15(21)14-10-22-16(20-14)12-2-1-7-18-9-12/h3-6,10,12,18H,1-2,7-9H2,(H,19,21). The van der Waals surface area contributed by atoms with Gasteiger partial charge < -0.3 is 10.6 Å². The number of piperidine rings is 1. The van der Waals surface area contributed by atoms with E-state index in [1.807, 2.05) is 29.6 Å². The number of rotatable bonds is 4. The minimum absolute atomic E-state index is 0.124. The topological polar surface area (TPSA) is 54.0 Å². The van der Waals surface area contributed by atoms with Crippen molar-refractivity contribution < 1.29 is 4.79 Å². The van der Waals surface area contributed by atoms with Gasteiger partial charge in [0.1, 0.15) is 5.69 Å². The molecule has 1 fully saturated rings. The highest BCUT2D eigenvalue weighted by Gasteiger charge is 2.20. The number of hydrogen-bond donors (Lipinski definition) is 2. The molecule has 2 aromatic rings. The van der Waals surface area contributed by atoms with Gasteiger partial charge in [0.05, 0.1) is 5.01 Å². The highest BCUT2D eigenvalue weighted by molar-refractivity contribution is 7.09. The molecule has 0 bridgehead atoms. The van der Waals surface area contributed by atoms with E-state index in [9.17, 15) is 4.79 Å². The monoisotopic (exact) mass is 335 g/mol. The number of amides is 1. The van der Waals surface area contributed by atoms with E-state index in [0.29, 0.717) is 23.2 Å². The van der Waals surface area contributed by atoms with Crippen LogP contribution >= 0.6 is 22.9 Å². The number of nitrogens with one attached hydrogen (secondary N) is 2. The van der Waals surface area contributed by atoms with Gasteiger partial charge in [-0.25, -0.2) is 4.98 Å². The summed E-state index contributed by atoms with van der Waals surface area (Å²) in [6, 6.07) is 7.45. The summed E-state index contributed by atoms with van der Waals surface area (Å²) in [6.45, 7) is 2.52. The predicted molar refractivity (Wildman–Crippen MR) is 89.6 cm³/mol. The van der Waals surface area contributed by atoms with Crippen molar-refractivity contribution in [2.24, 2.45) is 0 Å². The fourth-order valence-electron chi connectivity index (χ4n) is 2.52. The first-order valence-electron chi connectivity index (χ1n) is 7.41. The van der Waals surface area contributed by atoms with Crippen molar-refractivity contribution in [1.82, 2.24) is 15.6 Å². The van der Waals surface area contributed by atoms with Crippen LogP contribution in [0.2, 0.25) is 5.02 Å². The van der Waals surface area contributed by atoms with E-state index in [1.54, 1.807) is 11.3 Å². The fourth-order valence-corrected chi connectivity index (χ4v) is 3.58. The zero-order valence-electron chi connectivity index (χ0n) is 12.1. The van der Waals surface area contributed by atoms with Crippen LogP contribution in [0.5, 0.6) is 0 Å². The summed E-state index contributed by atoms with van der Waals surface area (Å²) in [7, 11) is 0. The van der Waals surface area contributed by atoms with Crippen molar-refractivity contribution in [2.75, 3.05) is 13.1 Å². The van der Waals surface area contributed by atoms with Crippen LogP contribution in [0, 0.1) is 0 Å². The number of halogens is 1. The van der Waals surface area contributed by atoms with E-state index in [-0.39, 0.29) is 5.91 Å². The Kier molecular flexibility index (Phi) is 5.08. The second kappa shape index (κ2) is 7.22. The minimum atomic E-state index is -0.124. The molecule has 1 aliphatic rings. The maximum Gasteiger partial charge on any atom is 0.271 e. The van der Waals surface area contributed by atoms with Crippen molar-refractivity contribution in [3.05, 3.63) is 50.9 Å². The molecule has 1 unspecified atom stereocenters. The molecule has 116 valence electrons. The van der Waals surface area contributed by atoms with E-state index < -0.39 is 0 Å². The SMILES string of the molecule is O=C(NCc1ccc(Cl)cc1)c1csc(C2CCCNC2)n1. The normalized spacial score (nSPS) is 18.1. The predicted octanol–water partition coefficient (Wildman–Crippen LogP) is 3.19. The van der Waals surface area contributed by atoms with Gasteiger partial charge in [0.15, 0.2) is 0 Å². The Morgan fingerprint density at radius 2 is 2.23 bits per heavy atom. The Labute approximate surface area is 138 Å². The van der Waals surface area contributed by atoms with Crippen LogP contribution < -0.4 is 10.6 Å². The average molecular weight is 336 g/mol. The molecule has 22 heavy (non-hydrogen) atoms. The summed E-state index contributed by atoms with van der Waals surface area (Å²) < 4.78 is 0. The number of hydrogen-bond acceptors (Lipinski definition) is 4. The molecule has 2 heterocycles. The summed E-state index contributed by atoms with van der Waals surface area (Å²) in [4.78, 5) is 16.7. The zero-order valence-corrected chi connectivity index (χ0v) is 13.7. The molecule has 1 aliphatic heterocycles. The van der Waals surface area contributed by atoms with Gasteiger partial charge in [-0.05, 0) is 37.1 Å². The second-order valence-corrected chi connectivity index (χ2v) is 6.75. The highest BCUT2D eigenvalue weighted by atomic mass is 35.5. The number of aromatic nitrogens is 1. The molecule has 6 heteroatoms. The third-order valence-corrected chi connectivity index (χ3v) is 5.03. The highest BCUT2D eigenvalue weighted by Crippen LogP contribution is 2.26. The number of thiazole rings is 1. The van der Waals surface area contributed by atoms with Gasteiger partial charge in [-0.15, -0.1) is 11.3 Å². The molecule has 4 nitrogen and oxygen atoms in total. The Morgan fingerprint density at radius 3 is 2.95 bits per heavy atom. The molecular formula is C16H18ClN3OS. The smallest absolute Gasteiger partial charge is 0.271 e. The number of nitrogens with zero attached hydrogens (tertiary/aromatic N) is 1. The van der Waals surface area contributed by atoms with E-state index in [4.69, 9.17) is 11.6 Å². The molecular weight excluding hydrogens is 318 g/mol. The molecule has 1 aromatic heterocycles. The summed E-state index contributed by atoms with van der Waals surface area (Å²) in [6.07, 6.45) is 2.31. The molecule has 2 N–H and O–H groups in total. The lowest BCUT2D eigenvalue weighted by Gasteiger charge is -2.20. The molecule has 1 aromatic carbocycles. The maximum atomic E-state index is 12.2. The average Bonchev–Trinajstić information content (AvgIpc) is 3.05. The lowest BCUT2D eigenvalue weighted by Crippen LogP contribution is -2.28. The van der Waals surface area contributed by atoms with Crippen molar-refractivity contribution in [3.8, 4) is 0 Å².